The Bertz CT molecular complexity index is 487. The van der Waals surface area contributed by atoms with Gasteiger partial charge in [0.2, 0.25) is 5.91 Å². The van der Waals surface area contributed by atoms with E-state index in [1.807, 2.05) is 30.6 Å². The fraction of sp³-hybridized carbons (Fsp3) is 0.273. The second-order valence-electron chi connectivity index (χ2n) is 3.53. The highest BCUT2D eigenvalue weighted by Gasteiger charge is 2.07. The first kappa shape index (κ1) is 10.9. The average Bonchev–Trinajstić information content (AvgIpc) is 2.83. The van der Waals surface area contributed by atoms with Gasteiger partial charge in [-0.05, 0) is 17.5 Å². The molecular formula is C11H13N3OS. The van der Waals surface area contributed by atoms with Gasteiger partial charge < -0.3 is 5.32 Å². The van der Waals surface area contributed by atoms with Gasteiger partial charge in [-0.2, -0.15) is 5.10 Å². The molecule has 0 spiro atoms. The van der Waals surface area contributed by atoms with E-state index in [0.29, 0.717) is 6.54 Å². The lowest BCUT2D eigenvalue weighted by Crippen LogP contribution is -2.20. The molecule has 0 saturated heterocycles. The highest BCUT2D eigenvalue weighted by atomic mass is 32.1. The summed E-state index contributed by atoms with van der Waals surface area (Å²) >= 11 is 1.66. The minimum Gasteiger partial charge on any atom is -0.351 e. The average molecular weight is 235 g/mol. The Labute approximate surface area is 97.9 Å². The molecule has 2 aromatic heterocycles. The maximum absolute atomic E-state index is 10.8. The van der Waals surface area contributed by atoms with Crippen LogP contribution in [0.5, 0.6) is 0 Å². The minimum atomic E-state index is -0.0288. The Morgan fingerprint density at radius 1 is 1.62 bits per heavy atom. The molecule has 4 nitrogen and oxygen atoms in total. The van der Waals surface area contributed by atoms with Crippen molar-refractivity contribution < 1.29 is 4.79 Å². The van der Waals surface area contributed by atoms with Crippen LogP contribution < -0.4 is 5.32 Å². The van der Waals surface area contributed by atoms with Crippen molar-refractivity contribution in [2.45, 2.75) is 13.5 Å². The number of aryl methyl sites for hydroxylation is 1. The fourth-order valence-corrected chi connectivity index (χ4v) is 2.11. The first-order valence-electron chi connectivity index (χ1n) is 4.98. The molecule has 0 aliphatic heterocycles. The second-order valence-corrected chi connectivity index (χ2v) is 4.48. The molecular weight excluding hydrogens is 222 g/mol. The first-order chi connectivity index (χ1) is 7.66. The monoisotopic (exact) mass is 235 g/mol. The minimum absolute atomic E-state index is 0.0288. The smallest absolute Gasteiger partial charge is 0.217 e. The maximum atomic E-state index is 10.8. The van der Waals surface area contributed by atoms with Gasteiger partial charge in [0.1, 0.15) is 5.69 Å². The molecule has 0 aliphatic rings. The van der Waals surface area contributed by atoms with Crippen LogP contribution in [-0.4, -0.2) is 15.7 Å². The van der Waals surface area contributed by atoms with Gasteiger partial charge >= 0.3 is 0 Å². The lowest BCUT2D eigenvalue weighted by atomic mass is 10.3. The molecule has 0 saturated carbocycles. The summed E-state index contributed by atoms with van der Waals surface area (Å²) in [6, 6.07) is 6.04. The lowest BCUT2D eigenvalue weighted by Gasteiger charge is -2.01. The zero-order valence-electron chi connectivity index (χ0n) is 9.23. The molecule has 0 fully saturated rings. The van der Waals surface area contributed by atoms with Crippen LogP contribution in [0.2, 0.25) is 0 Å². The Balaban J connectivity index is 2.19. The Morgan fingerprint density at radius 3 is 3.06 bits per heavy atom. The number of hydrogen-bond acceptors (Lipinski definition) is 3. The van der Waals surface area contributed by atoms with E-state index in [1.165, 1.54) is 6.92 Å². The van der Waals surface area contributed by atoms with Gasteiger partial charge in [-0.1, -0.05) is 6.07 Å². The van der Waals surface area contributed by atoms with E-state index in [4.69, 9.17) is 0 Å². The third-order valence-electron chi connectivity index (χ3n) is 2.27. The van der Waals surface area contributed by atoms with Gasteiger partial charge in [-0.25, -0.2) is 0 Å². The van der Waals surface area contributed by atoms with Crippen molar-refractivity contribution in [1.82, 2.24) is 15.1 Å². The summed E-state index contributed by atoms with van der Waals surface area (Å²) < 4.78 is 1.80. The summed E-state index contributed by atoms with van der Waals surface area (Å²) in [5, 5.41) is 9.20. The van der Waals surface area contributed by atoms with Crippen molar-refractivity contribution in [2.75, 3.05) is 0 Å². The maximum Gasteiger partial charge on any atom is 0.217 e. The summed E-state index contributed by atoms with van der Waals surface area (Å²) in [7, 11) is 1.88. The predicted octanol–water partition coefficient (Wildman–Crippen LogP) is 1.78. The van der Waals surface area contributed by atoms with Crippen LogP contribution in [0.4, 0.5) is 0 Å². The van der Waals surface area contributed by atoms with Crippen molar-refractivity contribution >= 4 is 17.2 Å². The molecule has 2 aromatic rings. The molecule has 0 radical (unpaired) electrons. The molecule has 2 heterocycles. The van der Waals surface area contributed by atoms with E-state index in [1.54, 1.807) is 16.0 Å². The number of thiophene rings is 1. The molecule has 0 aliphatic carbocycles. The van der Waals surface area contributed by atoms with Crippen molar-refractivity contribution in [2.24, 2.45) is 7.05 Å². The summed E-state index contributed by atoms with van der Waals surface area (Å²) in [5.74, 6) is -0.0288. The summed E-state index contributed by atoms with van der Waals surface area (Å²) in [6.45, 7) is 2.03. The van der Waals surface area contributed by atoms with Gasteiger partial charge in [0, 0.05) is 14.0 Å². The van der Waals surface area contributed by atoms with E-state index in [2.05, 4.69) is 10.4 Å². The number of carbonyl (C=O) groups excluding carboxylic acids is 1. The van der Waals surface area contributed by atoms with Crippen molar-refractivity contribution in [3.05, 3.63) is 29.3 Å². The Morgan fingerprint density at radius 2 is 2.44 bits per heavy atom. The summed E-state index contributed by atoms with van der Waals surface area (Å²) in [5.41, 5.74) is 1.96. The second kappa shape index (κ2) is 4.49. The molecule has 2 rings (SSSR count). The first-order valence-corrected chi connectivity index (χ1v) is 5.86. The number of aromatic nitrogens is 2. The molecule has 5 heteroatoms. The molecule has 84 valence electrons. The molecule has 1 amide bonds. The standard InChI is InChI=1S/C11H13N3OS/c1-8(15)12-7-9-6-10(13-14(9)2)11-4-3-5-16-11/h3-6H,7H2,1-2H3,(H,12,15). The number of hydrogen-bond donors (Lipinski definition) is 1. The van der Waals surface area contributed by atoms with Crippen molar-refractivity contribution in [1.29, 1.82) is 0 Å². The zero-order chi connectivity index (χ0) is 11.5. The van der Waals surface area contributed by atoms with Crippen LogP contribution in [0.15, 0.2) is 23.6 Å². The lowest BCUT2D eigenvalue weighted by molar-refractivity contribution is -0.119. The molecule has 0 unspecified atom stereocenters. The van der Waals surface area contributed by atoms with Crippen LogP contribution >= 0.6 is 11.3 Å². The Kier molecular flexibility index (Phi) is 3.05. The fourth-order valence-electron chi connectivity index (χ4n) is 1.43. The van der Waals surface area contributed by atoms with Gasteiger partial charge in [0.25, 0.3) is 0 Å². The van der Waals surface area contributed by atoms with E-state index in [9.17, 15) is 4.79 Å². The predicted molar refractivity (Wildman–Crippen MR) is 64.0 cm³/mol. The molecule has 0 atom stereocenters. The van der Waals surface area contributed by atoms with E-state index in [0.717, 1.165) is 16.3 Å². The zero-order valence-corrected chi connectivity index (χ0v) is 10.0. The van der Waals surface area contributed by atoms with Crippen LogP contribution in [0, 0.1) is 0 Å². The quantitative estimate of drug-likeness (QED) is 0.881. The van der Waals surface area contributed by atoms with Crippen molar-refractivity contribution in [3.63, 3.8) is 0 Å². The largest absolute Gasteiger partial charge is 0.351 e. The third-order valence-corrected chi connectivity index (χ3v) is 3.16. The molecule has 0 bridgehead atoms. The van der Waals surface area contributed by atoms with Gasteiger partial charge in [-0.3, -0.25) is 9.48 Å². The molecule has 0 aromatic carbocycles. The summed E-state index contributed by atoms with van der Waals surface area (Å²) in [4.78, 5) is 12.0. The number of rotatable bonds is 3. The topological polar surface area (TPSA) is 46.9 Å². The third kappa shape index (κ3) is 2.30. The SMILES string of the molecule is CC(=O)NCc1cc(-c2cccs2)nn1C. The number of carbonyl (C=O) groups is 1. The van der Waals surface area contributed by atoms with Crippen LogP contribution in [0.25, 0.3) is 10.6 Å². The number of nitrogens with zero attached hydrogens (tertiary/aromatic N) is 2. The van der Waals surface area contributed by atoms with Crippen LogP contribution in [0.3, 0.4) is 0 Å². The van der Waals surface area contributed by atoms with E-state index < -0.39 is 0 Å². The van der Waals surface area contributed by atoms with Gasteiger partial charge in [-0.15, -0.1) is 11.3 Å². The summed E-state index contributed by atoms with van der Waals surface area (Å²) in [6.07, 6.45) is 0. The van der Waals surface area contributed by atoms with Crippen molar-refractivity contribution in [3.8, 4) is 10.6 Å². The normalized spacial score (nSPS) is 10.4. The molecule has 16 heavy (non-hydrogen) atoms. The number of nitrogens with one attached hydrogen (secondary N) is 1. The van der Waals surface area contributed by atoms with Gasteiger partial charge in [0.15, 0.2) is 0 Å². The van der Waals surface area contributed by atoms with Crippen LogP contribution in [0.1, 0.15) is 12.6 Å². The van der Waals surface area contributed by atoms with Gasteiger partial charge in [0.05, 0.1) is 17.1 Å². The highest BCUT2D eigenvalue weighted by Crippen LogP contribution is 2.23. The number of amides is 1. The Hall–Kier alpha value is -1.62. The molecule has 1 N–H and O–H groups in total. The van der Waals surface area contributed by atoms with E-state index in [-0.39, 0.29) is 5.91 Å². The highest BCUT2D eigenvalue weighted by molar-refractivity contribution is 7.13. The van der Waals surface area contributed by atoms with E-state index >= 15 is 0 Å². The van der Waals surface area contributed by atoms with Crippen LogP contribution in [-0.2, 0) is 18.4 Å².